The van der Waals surface area contributed by atoms with Gasteiger partial charge in [0.25, 0.3) is 15.9 Å². The van der Waals surface area contributed by atoms with Gasteiger partial charge in [-0.2, -0.15) is 4.31 Å². The molecule has 0 bridgehead atoms. The van der Waals surface area contributed by atoms with Crippen LogP contribution in [0.2, 0.25) is 0 Å². The fourth-order valence-electron chi connectivity index (χ4n) is 2.68. The van der Waals surface area contributed by atoms with Crippen LogP contribution < -0.4 is 0 Å². The Morgan fingerprint density at radius 1 is 1.08 bits per heavy atom. The second-order valence-corrected chi connectivity index (χ2v) is 10.4. The van der Waals surface area contributed by atoms with Crippen LogP contribution >= 0.6 is 22.7 Å². The Kier molecular flexibility index (Phi) is 4.78. The van der Waals surface area contributed by atoms with Gasteiger partial charge in [-0.15, -0.1) is 22.7 Å². The van der Waals surface area contributed by atoms with Crippen molar-refractivity contribution in [2.75, 3.05) is 26.2 Å². The quantitative estimate of drug-likeness (QED) is 0.813. The molecule has 0 radical (unpaired) electrons. The van der Waals surface area contributed by atoms with Crippen LogP contribution in [0, 0.1) is 20.8 Å². The minimum Gasteiger partial charge on any atom is -0.335 e. The molecule has 24 heavy (non-hydrogen) atoms. The topological polar surface area (TPSA) is 70.6 Å². The fraction of sp³-hybridized carbons (Fsp3) is 0.467. The van der Waals surface area contributed by atoms with Crippen LogP contribution in [-0.2, 0) is 10.0 Å². The van der Waals surface area contributed by atoms with Gasteiger partial charge in [0.2, 0.25) is 0 Å². The van der Waals surface area contributed by atoms with Gasteiger partial charge >= 0.3 is 0 Å². The number of rotatable bonds is 3. The molecule has 1 amide bonds. The molecule has 0 spiro atoms. The fourth-order valence-corrected chi connectivity index (χ4v) is 6.43. The third kappa shape index (κ3) is 3.26. The smallest absolute Gasteiger partial charge is 0.265 e. The van der Waals surface area contributed by atoms with E-state index in [4.69, 9.17) is 0 Å². The monoisotopic (exact) mass is 385 g/mol. The number of hydrogen-bond donors (Lipinski definition) is 0. The second kappa shape index (κ2) is 6.55. The summed E-state index contributed by atoms with van der Waals surface area (Å²) in [4.78, 5) is 20.2. The predicted octanol–water partition coefficient (Wildman–Crippen LogP) is 2.28. The van der Waals surface area contributed by atoms with Crippen LogP contribution in [0.4, 0.5) is 0 Å². The lowest BCUT2D eigenvalue weighted by Gasteiger charge is -2.33. The number of thiazole rings is 1. The number of piperazine rings is 1. The van der Waals surface area contributed by atoms with E-state index in [9.17, 15) is 13.2 Å². The van der Waals surface area contributed by atoms with E-state index in [0.29, 0.717) is 35.3 Å². The molecule has 0 saturated carbocycles. The van der Waals surface area contributed by atoms with Crippen LogP contribution in [0.1, 0.15) is 25.3 Å². The number of aromatic nitrogens is 1. The Bertz CT molecular complexity index is 862. The van der Waals surface area contributed by atoms with Gasteiger partial charge in [-0.05, 0) is 32.9 Å². The molecule has 3 rings (SSSR count). The van der Waals surface area contributed by atoms with Crippen molar-refractivity contribution in [1.82, 2.24) is 14.2 Å². The number of hydrogen-bond acceptors (Lipinski definition) is 6. The lowest BCUT2D eigenvalue weighted by atomic mass is 10.3. The first-order valence-electron chi connectivity index (χ1n) is 7.59. The summed E-state index contributed by atoms with van der Waals surface area (Å²) >= 11 is 2.67. The van der Waals surface area contributed by atoms with Crippen LogP contribution in [0.15, 0.2) is 16.3 Å². The highest BCUT2D eigenvalue weighted by Crippen LogP contribution is 2.26. The van der Waals surface area contributed by atoms with Crippen molar-refractivity contribution in [3.05, 3.63) is 32.6 Å². The summed E-state index contributed by atoms with van der Waals surface area (Å²) in [6.07, 6.45) is 0. The minimum atomic E-state index is -3.45. The van der Waals surface area contributed by atoms with E-state index in [1.807, 2.05) is 26.8 Å². The molecule has 0 aromatic carbocycles. The first-order chi connectivity index (χ1) is 11.3. The highest BCUT2D eigenvalue weighted by Gasteiger charge is 2.32. The molecule has 1 aliphatic heterocycles. The van der Waals surface area contributed by atoms with Crippen molar-refractivity contribution >= 4 is 38.6 Å². The molecule has 2 aromatic rings. The highest BCUT2D eigenvalue weighted by molar-refractivity contribution is 7.91. The summed E-state index contributed by atoms with van der Waals surface area (Å²) in [5, 5.41) is 0.866. The first kappa shape index (κ1) is 17.5. The van der Waals surface area contributed by atoms with Crippen LogP contribution in [0.25, 0.3) is 0 Å². The number of aryl methyl sites for hydroxylation is 3. The molecular formula is C15H19N3O3S3. The molecule has 0 atom stereocenters. The largest absolute Gasteiger partial charge is 0.335 e. The molecule has 6 nitrogen and oxygen atoms in total. The zero-order chi connectivity index (χ0) is 17.5. The maximum atomic E-state index is 12.6. The molecule has 0 unspecified atom stereocenters. The third-order valence-electron chi connectivity index (χ3n) is 3.93. The van der Waals surface area contributed by atoms with E-state index >= 15 is 0 Å². The summed E-state index contributed by atoms with van der Waals surface area (Å²) in [6, 6.07) is 3.46. The molecule has 130 valence electrons. The lowest BCUT2D eigenvalue weighted by Crippen LogP contribution is -2.50. The van der Waals surface area contributed by atoms with E-state index in [1.54, 1.807) is 11.0 Å². The van der Waals surface area contributed by atoms with Crippen molar-refractivity contribution in [2.24, 2.45) is 0 Å². The minimum absolute atomic E-state index is 0.0536. The van der Waals surface area contributed by atoms with Gasteiger partial charge in [-0.1, -0.05) is 0 Å². The number of amides is 1. The number of thiophene rings is 1. The molecule has 1 saturated heterocycles. The Hall–Kier alpha value is -1.29. The number of carbonyl (C=O) groups excluding carboxylic acids is 1. The zero-order valence-corrected chi connectivity index (χ0v) is 16.2. The van der Waals surface area contributed by atoms with Gasteiger partial charge in [0, 0.05) is 31.1 Å². The molecule has 2 aromatic heterocycles. The molecule has 0 N–H and O–H groups in total. The van der Waals surface area contributed by atoms with Crippen molar-refractivity contribution in [1.29, 1.82) is 0 Å². The summed E-state index contributed by atoms with van der Waals surface area (Å²) < 4.78 is 27.1. The molecule has 9 heteroatoms. The van der Waals surface area contributed by atoms with E-state index < -0.39 is 10.0 Å². The van der Waals surface area contributed by atoms with Gasteiger partial charge in [-0.3, -0.25) is 4.79 Å². The zero-order valence-electron chi connectivity index (χ0n) is 13.8. The van der Waals surface area contributed by atoms with Gasteiger partial charge in [0.1, 0.15) is 9.09 Å². The normalized spacial score (nSPS) is 16.5. The Balaban J connectivity index is 1.70. The van der Waals surface area contributed by atoms with E-state index in [-0.39, 0.29) is 5.91 Å². The molecule has 1 fully saturated rings. The van der Waals surface area contributed by atoms with Gasteiger partial charge in [0.15, 0.2) is 0 Å². The van der Waals surface area contributed by atoms with E-state index in [2.05, 4.69) is 4.98 Å². The average Bonchev–Trinajstić information content (AvgIpc) is 3.12. The van der Waals surface area contributed by atoms with Crippen LogP contribution in [0.5, 0.6) is 0 Å². The molecule has 0 aliphatic carbocycles. The third-order valence-corrected chi connectivity index (χ3v) is 8.36. The second-order valence-electron chi connectivity index (χ2n) is 5.71. The summed E-state index contributed by atoms with van der Waals surface area (Å²) in [5.41, 5.74) is 0.742. The van der Waals surface area contributed by atoms with Gasteiger partial charge in [-0.25, -0.2) is 13.4 Å². The SMILES string of the molecule is Cc1ccc(S(=O)(=O)N2CCN(C(=O)c3sc(C)nc3C)CC2)s1. The maximum Gasteiger partial charge on any atom is 0.265 e. The molecular weight excluding hydrogens is 366 g/mol. The Labute approximate surface area is 149 Å². The lowest BCUT2D eigenvalue weighted by molar-refractivity contribution is 0.0702. The standard InChI is InChI=1S/C15H19N3O3S3/c1-10-4-5-13(22-10)24(20,21)18-8-6-17(7-9-18)15(19)14-11(2)16-12(3)23-14/h4-5H,6-9H2,1-3H3. The van der Waals surface area contributed by atoms with Crippen LogP contribution in [-0.4, -0.2) is 54.7 Å². The van der Waals surface area contributed by atoms with Crippen LogP contribution in [0.3, 0.4) is 0 Å². The van der Waals surface area contributed by atoms with E-state index in [1.165, 1.54) is 27.0 Å². The maximum absolute atomic E-state index is 12.6. The number of nitrogens with zero attached hydrogens (tertiary/aromatic N) is 3. The number of sulfonamides is 1. The number of carbonyl (C=O) groups is 1. The van der Waals surface area contributed by atoms with Gasteiger partial charge in [0.05, 0.1) is 10.7 Å². The van der Waals surface area contributed by atoms with Crippen molar-refractivity contribution in [2.45, 2.75) is 25.0 Å². The summed E-state index contributed by atoms with van der Waals surface area (Å²) in [5.74, 6) is -0.0536. The van der Waals surface area contributed by atoms with Gasteiger partial charge < -0.3 is 4.90 Å². The highest BCUT2D eigenvalue weighted by atomic mass is 32.2. The van der Waals surface area contributed by atoms with Crippen molar-refractivity contribution in [3.8, 4) is 0 Å². The predicted molar refractivity (Wildman–Crippen MR) is 95.3 cm³/mol. The Morgan fingerprint density at radius 2 is 1.75 bits per heavy atom. The summed E-state index contributed by atoms with van der Waals surface area (Å²) in [6.45, 7) is 7.04. The van der Waals surface area contributed by atoms with E-state index in [0.717, 1.165) is 15.6 Å². The average molecular weight is 386 g/mol. The Morgan fingerprint density at radius 3 is 2.25 bits per heavy atom. The first-order valence-corrected chi connectivity index (χ1v) is 10.7. The summed E-state index contributed by atoms with van der Waals surface area (Å²) in [7, 11) is -3.45. The van der Waals surface area contributed by atoms with Crippen molar-refractivity contribution < 1.29 is 13.2 Å². The molecule has 1 aliphatic rings. The van der Waals surface area contributed by atoms with Crippen molar-refractivity contribution in [3.63, 3.8) is 0 Å². The molecule has 3 heterocycles.